The number of hydrogen-bond donors (Lipinski definition) is 2. The van der Waals surface area contributed by atoms with E-state index in [1.807, 2.05) is 0 Å². The Morgan fingerprint density at radius 3 is 1.27 bits per heavy atom. The van der Waals surface area contributed by atoms with Crippen molar-refractivity contribution in [1.29, 1.82) is 0 Å². The second-order valence-electron chi connectivity index (χ2n) is 4.94. The van der Waals surface area contributed by atoms with Gasteiger partial charge in [-0.05, 0) is 12.8 Å². The molecule has 2 aliphatic heterocycles. The molecule has 0 radical (unpaired) electrons. The van der Waals surface area contributed by atoms with Gasteiger partial charge in [0.25, 0.3) is 0 Å². The van der Waals surface area contributed by atoms with Crippen molar-refractivity contribution in [1.82, 2.24) is 9.80 Å². The maximum atomic E-state index is 11.4. The van der Waals surface area contributed by atoms with Crippen LogP contribution in [0.5, 0.6) is 0 Å². The Hall–Kier alpha value is -2.20. The van der Waals surface area contributed by atoms with Gasteiger partial charge in [-0.3, -0.25) is 0 Å². The molecule has 2 unspecified atom stereocenters. The van der Waals surface area contributed by atoms with E-state index >= 15 is 0 Å². The third-order valence-electron chi connectivity index (χ3n) is 3.39. The zero-order chi connectivity index (χ0) is 16.3. The highest BCUT2D eigenvalue weighted by Crippen LogP contribution is 2.11. The van der Waals surface area contributed by atoms with Crippen LogP contribution in [-0.4, -0.2) is 82.5 Å². The molecule has 2 heterocycles. The summed E-state index contributed by atoms with van der Waals surface area (Å²) in [4.78, 5) is 48.0. The number of hydrogen-bond acceptors (Lipinski definition) is 8. The van der Waals surface area contributed by atoms with Crippen molar-refractivity contribution < 1.29 is 38.9 Å². The minimum absolute atomic E-state index is 0.428. The number of nitrogens with zero attached hydrogens (tertiary/aromatic N) is 2. The minimum Gasteiger partial charge on any atom is -0.379 e. The van der Waals surface area contributed by atoms with Crippen LogP contribution in [0.4, 0.5) is 9.59 Å². The highest BCUT2D eigenvalue weighted by atomic mass is 16.6. The van der Waals surface area contributed by atoms with Crippen LogP contribution in [0, 0.1) is 0 Å². The SMILES string of the molecule is O=C(OC(=O)N1CCC1)C(O)C(O)C(=O)OC(=O)N1CCC1. The van der Waals surface area contributed by atoms with Gasteiger partial charge < -0.3 is 29.5 Å². The Bertz CT molecular complexity index is 442. The summed E-state index contributed by atoms with van der Waals surface area (Å²) in [6, 6.07) is 0. The number of likely N-dealkylation sites (tertiary alicyclic amines) is 2. The van der Waals surface area contributed by atoms with E-state index in [1.165, 1.54) is 9.80 Å². The van der Waals surface area contributed by atoms with Gasteiger partial charge in [0, 0.05) is 26.2 Å². The van der Waals surface area contributed by atoms with Gasteiger partial charge in [-0.15, -0.1) is 0 Å². The van der Waals surface area contributed by atoms with Gasteiger partial charge in [0.1, 0.15) is 0 Å². The van der Waals surface area contributed by atoms with E-state index in [9.17, 15) is 29.4 Å². The molecule has 0 aromatic carbocycles. The van der Waals surface area contributed by atoms with E-state index in [1.54, 1.807) is 0 Å². The van der Waals surface area contributed by atoms with Crippen LogP contribution in [-0.2, 0) is 19.1 Å². The molecule has 122 valence electrons. The topological polar surface area (TPSA) is 134 Å². The van der Waals surface area contributed by atoms with Crippen LogP contribution in [0.25, 0.3) is 0 Å². The second kappa shape index (κ2) is 6.71. The highest BCUT2D eigenvalue weighted by Gasteiger charge is 2.37. The number of ether oxygens (including phenoxy) is 2. The summed E-state index contributed by atoms with van der Waals surface area (Å²) in [5, 5.41) is 19.0. The van der Waals surface area contributed by atoms with E-state index in [0.29, 0.717) is 26.2 Å². The fourth-order valence-corrected chi connectivity index (χ4v) is 1.68. The van der Waals surface area contributed by atoms with Gasteiger partial charge in [0.2, 0.25) is 0 Å². The highest BCUT2D eigenvalue weighted by molar-refractivity contribution is 5.94. The van der Waals surface area contributed by atoms with Gasteiger partial charge in [0.05, 0.1) is 0 Å². The van der Waals surface area contributed by atoms with Crippen molar-refractivity contribution >= 4 is 24.1 Å². The molecule has 2 fully saturated rings. The van der Waals surface area contributed by atoms with Gasteiger partial charge in [-0.1, -0.05) is 0 Å². The number of aliphatic hydroxyl groups excluding tert-OH is 2. The predicted molar refractivity (Wildman–Crippen MR) is 67.4 cm³/mol. The molecule has 0 saturated carbocycles. The number of carbonyl (C=O) groups is 4. The van der Waals surface area contributed by atoms with Crippen molar-refractivity contribution in [3.8, 4) is 0 Å². The molecule has 0 bridgehead atoms. The van der Waals surface area contributed by atoms with E-state index < -0.39 is 36.3 Å². The summed E-state index contributed by atoms with van der Waals surface area (Å²) in [7, 11) is 0. The molecule has 2 saturated heterocycles. The van der Waals surface area contributed by atoms with E-state index in [2.05, 4.69) is 9.47 Å². The first kappa shape index (κ1) is 16.2. The Morgan fingerprint density at radius 2 is 1.05 bits per heavy atom. The van der Waals surface area contributed by atoms with Crippen molar-refractivity contribution in [3.63, 3.8) is 0 Å². The maximum absolute atomic E-state index is 11.4. The van der Waals surface area contributed by atoms with Gasteiger partial charge in [-0.2, -0.15) is 0 Å². The predicted octanol–water partition coefficient (Wildman–Crippen LogP) is -1.55. The molecule has 2 N–H and O–H groups in total. The molecule has 0 aromatic heterocycles. The average molecular weight is 316 g/mol. The standard InChI is InChI=1S/C12H16N2O8/c15-7(9(17)21-11(19)13-3-1-4-13)8(16)10(18)22-12(20)14-5-2-6-14/h7-8,15-16H,1-6H2. The summed E-state index contributed by atoms with van der Waals surface area (Å²) in [5.74, 6) is -2.98. The summed E-state index contributed by atoms with van der Waals surface area (Å²) >= 11 is 0. The molecule has 2 amide bonds. The van der Waals surface area contributed by atoms with Gasteiger partial charge >= 0.3 is 24.1 Å². The van der Waals surface area contributed by atoms with Crippen LogP contribution in [0.15, 0.2) is 0 Å². The largest absolute Gasteiger partial charge is 0.417 e. The molecular formula is C12H16N2O8. The molecule has 0 aliphatic carbocycles. The Morgan fingerprint density at radius 1 is 0.727 bits per heavy atom. The molecule has 2 rings (SSSR count). The van der Waals surface area contributed by atoms with Crippen molar-refractivity contribution in [3.05, 3.63) is 0 Å². The van der Waals surface area contributed by atoms with E-state index in [-0.39, 0.29) is 0 Å². The zero-order valence-electron chi connectivity index (χ0n) is 11.6. The second-order valence-corrected chi connectivity index (χ2v) is 4.94. The lowest BCUT2D eigenvalue weighted by Crippen LogP contribution is -2.49. The third-order valence-corrected chi connectivity index (χ3v) is 3.39. The van der Waals surface area contributed by atoms with Gasteiger partial charge in [-0.25, -0.2) is 19.2 Å². The molecule has 2 aliphatic rings. The zero-order valence-corrected chi connectivity index (χ0v) is 11.6. The first-order valence-corrected chi connectivity index (χ1v) is 6.77. The van der Waals surface area contributed by atoms with Crippen LogP contribution in [0.1, 0.15) is 12.8 Å². The summed E-state index contributed by atoms with van der Waals surface area (Å²) in [5.41, 5.74) is 0. The first-order valence-electron chi connectivity index (χ1n) is 6.77. The maximum Gasteiger partial charge on any atom is 0.417 e. The van der Waals surface area contributed by atoms with Crippen LogP contribution < -0.4 is 0 Å². The molecule has 10 heteroatoms. The van der Waals surface area contributed by atoms with Crippen molar-refractivity contribution in [2.45, 2.75) is 25.0 Å². The van der Waals surface area contributed by atoms with Crippen LogP contribution in [0.3, 0.4) is 0 Å². The van der Waals surface area contributed by atoms with Crippen molar-refractivity contribution in [2.24, 2.45) is 0 Å². The number of carbonyl (C=O) groups excluding carboxylic acids is 4. The summed E-state index contributed by atoms with van der Waals surface area (Å²) in [6.45, 7) is 1.71. The van der Waals surface area contributed by atoms with Gasteiger partial charge in [0.15, 0.2) is 12.2 Å². The number of aliphatic hydroxyl groups is 2. The lowest BCUT2D eigenvalue weighted by Gasteiger charge is -2.30. The third kappa shape index (κ3) is 3.52. The summed E-state index contributed by atoms with van der Waals surface area (Å²) in [6.07, 6.45) is -5.01. The lowest BCUT2D eigenvalue weighted by atomic mass is 10.2. The monoisotopic (exact) mass is 316 g/mol. The summed E-state index contributed by atoms with van der Waals surface area (Å²) < 4.78 is 8.61. The molecule has 22 heavy (non-hydrogen) atoms. The normalized spacial score (nSPS) is 19.4. The van der Waals surface area contributed by atoms with Crippen molar-refractivity contribution in [2.75, 3.05) is 26.2 Å². The number of esters is 2. The molecule has 0 spiro atoms. The fraction of sp³-hybridized carbons (Fsp3) is 0.667. The quantitative estimate of drug-likeness (QED) is 0.472. The number of rotatable bonds is 3. The molecule has 0 aromatic rings. The minimum atomic E-state index is -2.32. The Labute approximate surface area is 125 Å². The lowest BCUT2D eigenvalue weighted by molar-refractivity contribution is -0.167. The van der Waals surface area contributed by atoms with E-state index in [0.717, 1.165) is 12.8 Å². The molecule has 2 atom stereocenters. The van der Waals surface area contributed by atoms with Crippen LogP contribution >= 0.6 is 0 Å². The smallest absolute Gasteiger partial charge is 0.379 e. The van der Waals surface area contributed by atoms with E-state index in [4.69, 9.17) is 0 Å². The average Bonchev–Trinajstić information content (AvgIpc) is 2.32. The first-order chi connectivity index (χ1) is 10.4. The molecular weight excluding hydrogens is 300 g/mol. The molecule has 10 nitrogen and oxygen atoms in total. The Kier molecular flexibility index (Phi) is 4.93. The fourth-order valence-electron chi connectivity index (χ4n) is 1.68. The number of amides is 2. The van der Waals surface area contributed by atoms with Crippen LogP contribution in [0.2, 0.25) is 0 Å². The Balaban J connectivity index is 1.80.